The second-order valence-electron chi connectivity index (χ2n) is 6.80. The van der Waals surface area contributed by atoms with Crippen LogP contribution in [0, 0.1) is 0 Å². The van der Waals surface area contributed by atoms with E-state index in [-0.39, 0.29) is 17.8 Å². The molecule has 0 radical (unpaired) electrons. The highest BCUT2D eigenvalue weighted by Gasteiger charge is 2.35. The second kappa shape index (κ2) is 6.16. The Balaban J connectivity index is 1.77. The molecule has 5 rings (SSSR count). The van der Waals surface area contributed by atoms with Gasteiger partial charge in [0.2, 0.25) is 5.91 Å². The summed E-state index contributed by atoms with van der Waals surface area (Å²) < 4.78 is 7.34. The number of aryl methyl sites for hydroxylation is 1. The molecule has 3 aromatic heterocycles. The minimum Gasteiger partial charge on any atom is -0.464 e. The van der Waals surface area contributed by atoms with Crippen LogP contribution in [0.15, 0.2) is 64.3 Å². The molecule has 0 saturated carbocycles. The van der Waals surface area contributed by atoms with Gasteiger partial charge in [0.15, 0.2) is 5.43 Å². The van der Waals surface area contributed by atoms with Crippen LogP contribution < -0.4 is 10.7 Å². The number of carbonyl (C=O) groups is 1. The van der Waals surface area contributed by atoms with Gasteiger partial charge < -0.3 is 9.73 Å². The van der Waals surface area contributed by atoms with E-state index in [0.29, 0.717) is 28.0 Å². The first kappa shape index (κ1) is 16.4. The van der Waals surface area contributed by atoms with Crippen LogP contribution in [0.4, 0.5) is 5.82 Å². The summed E-state index contributed by atoms with van der Waals surface area (Å²) in [5.41, 5.74) is 3.17. The van der Waals surface area contributed by atoms with E-state index < -0.39 is 5.92 Å². The van der Waals surface area contributed by atoms with Crippen molar-refractivity contribution in [1.29, 1.82) is 0 Å². The van der Waals surface area contributed by atoms with Crippen LogP contribution in [0.2, 0.25) is 0 Å². The summed E-state index contributed by atoms with van der Waals surface area (Å²) in [6.45, 7) is 0. The number of aromatic nitrogens is 3. The van der Waals surface area contributed by atoms with E-state index in [1.165, 1.54) is 6.26 Å². The van der Waals surface area contributed by atoms with Crippen LogP contribution in [0.3, 0.4) is 0 Å². The highest BCUT2D eigenvalue weighted by atomic mass is 16.3. The molecule has 1 atom stereocenters. The van der Waals surface area contributed by atoms with Gasteiger partial charge in [-0.15, -0.1) is 0 Å². The Morgan fingerprint density at radius 3 is 2.86 bits per heavy atom. The topological polar surface area (TPSA) is 90.0 Å². The van der Waals surface area contributed by atoms with Crippen molar-refractivity contribution in [3.05, 3.63) is 76.4 Å². The number of benzene rings is 1. The number of fused-ring (bicyclic) bond motifs is 2. The van der Waals surface area contributed by atoms with Gasteiger partial charge in [0.1, 0.15) is 11.4 Å². The summed E-state index contributed by atoms with van der Waals surface area (Å²) in [5, 5.41) is 7.98. The Hall–Kier alpha value is -3.74. The third-order valence-corrected chi connectivity index (χ3v) is 5.10. The fourth-order valence-corrected chi connectivity index (χ4v) is 3.80. The third-order valence-electron chi connectivity index (χ3n) is 5.10. The van der Waals surface area contributed by atoms with Gasteiger partial charge in [-0.3, -0.25) is 19.3 Å². The Kier molecular flexibility index (Phi) is 3.61. The normalized spacial score (nSPS) is 16.0. The first-order chi connectivity index (χ1) is 13.6. The number of nitrogens with one attached hydrogen (secondary N) is 1. The van der Waals surface area contributed by atoms with Crippen LogP contribution in [0.1, 0.15) is 23.5 Å². The van der Waals surface area contributed by atoms with Gasteiger partial charge in [0.05, 0.1) is 17.3 Å². The SMILES string of the molecule is Cn1nc(-c2cccnc2)c2c1NC(=O)C[C@@H]2c1coc2ccccc2c1=O. The molecule has 0 spiro atoms. The predicted molar refractivity (Wildman–Crippen MR) is 104 cm³/mol. The van der Waals surface area contributed by atoms with E-state index in [9.17, 15) is 9.59 Å². The van der Waals surface area contributed by atoms with E-state index in [0.717, 1.165) is 11.1 Å². The number of hydrogen-bond donors (Lipinski definition) is 1. The standard InChI is InChI=1S/C21H16N4O3/c1-25-21-18(19(24-25)12-5-4-8-22-10-12)14(9-17(26)23-21)15-11-28-16-7-3-2-6-13(16)20(15)27/h2-8,10-11,14H,9H2,1H3,(H,23,26)/t14-/m1/s1. The molecule has 4 heterocycles. The molecule has 0 saturated heterocycles. The number of amides is 1. The van der Waals surface area contributed by atoms with Crippen LogP contribution in [0.5, 0.6) is 0 Å². The molecule has 0 aliphatic carbocycles. The zero-order chi connectivity index (χ0) is 19.3. The first-order valence-corrected chi connectivity index (χ1v) is 8.91. The molecule has 1 aromatic carbocycles. The van der Waals surface area contributed by atoms with Gasteiger partial charge in [-0.25, -0.2) is 0 Å². The molecular formula is C21H16N4O3. The Morgan fingerprint density at radius 1 is 1.18 bits per heavy atom. The van der Waals surface area contributed by atoms with E-state index in [1.54, 1.807) is 42.3 Å². The molecule has 1 aliphatic rings. The fraction of sp³-hybridized carbons (Fsp3) is 0.143. The number of hydrogen-bond acceptors (Lipinski definition) is 5. The minimum atomic E-state index is -0.450. The van der Waals surface area contributed by atoms with Crippen LogP contribution in [-0.2, 0) is 11.8 Å². The van der Waals surface area contributed by atoms with Crippen molar-refractivity contribution in [3.63, 3.8) is 0 Å². The number of anilines is 1. The lowest BCUT2D eigenvalue weighted by Crippen LogP contribution is -2.27. The van der Waals surface area contributed by atoms with Crippen molar-refractivity contribution in [2.75, 3.05) is 5.32 Å². The highest BCUT2D eigenvalue weighted by molar-refractivity contribution is 5.96. The maximum atomic E-state index is 13.2. The van der Waals surface area contributed by atoms with Crippen molar-refractivity contribution in [3.8, 4) is 11.3 Å². The lowest BCUT2D eigenvalue weighted by molar-refractivity contribution is -0.116. The summed E-state index contributed by atoms with van der Waals surface area (Å²) >= 11 is 0. The van der Waals surface area contributed by atoms with Crippen molar-refractivity contribution in [2.45, 2.75) is 12.3 Å². The average molecular weight is 372 g/mol. The molecule has 1 amide bonds. The van der Waals surface area contributed by atoms with Crippen molar-refractivity contribution in [2.24, 2.45) is 7.05 Å². The molecule has 7 nitrogen and oxygen atoms in total. The minimum absolute atomic E-state index is 0.131. The molecule has 1 N–H and O–H groups in total. The second-order valence-corrected chi connectivity index (χ2v) is 6.80. The third kappa shape index (κ3) is 2.44. The fourth-order valence-electron chi connectivity index (χ4n) is 3.80. The van der Waals surface area contributed by atoms with E-state index in [2.05, 4.69) is 15.4 Å². The average Bonchev–Trinajstić information content (AvgIpc) is 3.05. The largest absolute Gasteiger partial charge is 0.464 e. The lowest BCUT2D eigenvalue weighted by atomic mass is 9.85. The van der Waals surface area contributed by atoms with Gasteiger partial charge >= 0.3 is 0 Å². The Bertz CT molecular complexity index is 1270. The van der Waals surface area contributed by atoms with Gasteiger partial charge in [0.25, 0.3) is 0 Å². The van der Waals surface area contributed by atoms with Crippen LogP contribution in [-0.4, -0.2) is 20.7 Å². The summed E-state index contributed by atoms with van der Waals surface area (Å²) in [5.74, 6) is -0.0213. The van der Waals surface area contributed by atoms with Crippen LogP contribution in [0.25, 0.3) is 22.2 Å². The van der Waals surface area contributed by atoms with E-state index >= 15 is 0 Å². The highest BCUT2D eigenvalue weighted by Crippen LogP contribution is 2.41. The zero-order valence-electron chi connectivity index (χ0n) is 15.0. The maximum Gasteiger partial charge on any atom is 0.226 e. The summed E-state index contributed by atoms with van der Waals surface area (Å²) in [7, 11) is 1.77. The molecule has 28 heavy (non-hydrogen) atoms. The zero-order valence-corrected chi connectivity index (χ0v) is 15.0. The molecule has 4 aromatic rings. The number of nitrogens with zero attached hydrogens (tertiary/aromatic N) is 3. The van der Waals surface area contributed by atoms with Gasteiger partial charge in [-0.1, -0.05) is 12.1 Å². The molecule has 0 unspecified atom stereocenters. The van der Waals surface area contributed by atoms with Crippen molar-refractivity contribution < 1.29 is 9.21 Å². The quantitative estimate of drug-likeness (QED) is 0.584. The summed E-state index contributed by atoms with van der Waals surface area (Å²) in [6.07, 6.45) is 5.03. The molecule has 0 fully saturated rings. The molecule has 1 aliphatic heterocycles. The molecule has 0 bridgehead atoms. The summed E-state index contributed by atoms with van der Waals surface area (Å²) in [4.78, 5) is 29.7. The molecular weight excluding hydrogens is 356 g/mol. The number of para-hydroxylation sites is 1. The number of pyridine rings is 1. The number of rotatable bonds is 2. The van der Waals surface area contributed by atoms with Gasteiger partial charge in [-0.05, 0) is 24.3 Å². The van der Waals surface area contributed by atoms with Gasteiger partial charge in [0, 0.05) is 48.5 Å². The summed E-state index contributed by atoms with van der Waals surface area (Å²) in [6, 6.07) is 10.8. The first-order valence-electron chi connectivity index (χ1n) is 8.91. The van der Waals surface area contributed by atoms with Crippen molar-refractivity contribution >= 4 is 22.7 Å². The molecule has 138 valence electrons. The van der Waals surface area contributed by atoms with Crippen LogP contribution >= 0.6 is 0 Å². The smallest absolute Gasteiger partial charge is 0.226 e. The number of carbonyl (C=O) groups excluding carboxylic acids is 1. The van der Waals surface area contributed by atoms with Gasteiger partial charge in [-0.2, -0.15) is 5.10 Å². The Labute approximate surface area is 159 Å². The molecule has 7 heteroatoms. The van der Waals surface area contributed by atoms with E-state index in [1.807, 2.05) is 18.2 Å². The Morgan fingerprint density at radius 2 is 2.04 bits per heavy atom. The lowest BCUT2D eigenvalue weighted by Gasteiger charge is -2.23. The monoisotopic (exact) mass is 372 g/mol. The van der Waals surface area contributed by atoms with E-state index in [4.69, 9.17) is 4.42 Å². The van der Waals surface area contributed by atoms with Crippen molar-refractivity contribution in [1.82, 2.24) is 14.8 Å². The predicted octanol–water partition coefficient (Wildman–Crippen LogP) is 3.06. The maximum absolute atomic E-state index is 13.2.